The van der Waals surface area contributed by atoms with E-state index >= 15 is 0 Å². The molecule has 31 heavy (non-hydrogen) atoms. The summed E-state index contributed by atoms with van der Waals surface area (Å²) in [5.41, 5.74) is 1.04. The summed E-state index contributed by atoms with van der Waals surface area (Å²) in [6, 6.07) is 16.0. The standard InChI is InChI=1S/C23H26N2O5S/c1-4-15(2)22(23(26)27)24-20-13-14-21(19-8-6-5-7-18(19)20)25-31(28,29)17-11-9-16(30-3)10-12-17/h5-15,22,24-25H,4H2,1-3H3,(H,26,27)/t15-,22-/m0/s1. The number of ether oxygens (including phenoxy) is 1. The third-order valence-corrected chi connectivity index (χ3v) is 6.71. The molecule has 0 amide bonds. The molecule has 8 heteroatoms. The second kappa shape index (κ2) is 9.26. The fourth-order valence-corrected chi connectivity index (χ4v) is 4.40. The van der Waals surface area contributed by atoms with Gasteiger partial charge < -0.3 is 15.2 Å². The van der Waals surface area contributed by atoms with Crippen molar-refractivity contribution in [2.45, 2.75) is 31.2 Å². The van der Waals surface area contributed by atoms with Gasteiger partial charge in [0.05, 0.1) is 17.7 Å². The summed E-state index contributed by atoms with van der Waals surface area (Å²) >= 11 is 0. The van der Waals surface area contributed by atoms with E-state index in [1.165, 1.54) is 19.2 Å². The Labute approximate surface area is 182 Å². The average Bonchev–Trinajstić information content (AvgIpc) is 2.77. The highest BCUT2D eigenvalue weighted by molar-refractivity contribution is 7.92. The molecule has 3 N–H and O–H groups in total. The van der Waals surface area contributed by atoms with E-state index in [1.54, 1.807) is 36.4 Å². The number of rotatable bonds is 9. The van der Waals surface area contributed by atoms with Crippen molar-refractivity contribution in [2.75, 3.05) is 17.1 Å². The summed E-state index contributed by atoms with van der Waals surface area (Å²) in [5.74, 6) is -0.443. The quantitative estimate of drug-likeness (QED) is 0.449. The normalized spacial score (nSPS) is 13.4. The number of fused-ring (bicyclic) bond motifs is 1. The van der Waals surface area contributed by atoms with Crippen molar-refractivity contribution in [2.24, 2.45) is 5.92 Å². The summed E-state index contributed by atoms with van der Waals surface area (Å²) in [6.45, 7) is 3.82. The van der Waals surface area contributed by atoms with Crippen LogP contribution >= 0.6 is 0 Å². The molecule has 0 heterocycles. The molecule has 3 rings (SSSR count). The SMILES string of the molecule is CC[C@H](C)[C@H](Nc1ccc(NS(=O)(=O)c2ccc(OC)cc2)c2ccccc12)C(=O)O. The average molecular weight is 443 g/mol. The van der Waals surface area contributed by atoms with E-state index in [4.69, 9.17) is 4.74 Å². The maximum Gasteiger partial charge on any atom is 0.326 e. The van der Waals surface area contributed by atoms with E-state index in [9.17, 15) is 18.3 Å². The first kappa shape index (κ1) is 22.4. The predicted molar refractivity (Wildman–Crippen MR) is 122 cm³/mol. The monoisotopic (exact) mass is 442 g/mol. The maximum atomic E-state index is 12.9. The maximum absolute atomic E-state index is 12.9. The first-order valence-corrected chi connectivity index (χ1v) is 11.4. The molecule has 0 unspecified atom stereocenters. The number of nitrogens with one attached hydrogen (secondary N) is 2. The van der Waals surface area contributed by atoms with Gasteiger partial charge in [-0.1, -0.05) is 44.5 Å². The van der Waals surface area contributed by atoms with Gasteiger partial charge >= 0.3 is 5.97 Å². The number of aliphatic carboxylic acids is 1. The summed E-state index contributed by atoms with van der Waals surface area (Å²) in [5, 5.41) is 14.1. The van der Waals surface area contributed by atoms with Gasteiger partial charge in [-0.15, -0.1) is 0 Å². The molecule has 2 atom stereocenters. The number of carboxylic acids is 1. The second-order valence-corrected chi connectivity index (χ2v) is 9.02. The zero-order valence-corrected chi connectivity index (χ0v) is 18.4. The minimum atomic E-state index is -3.82. The number of benzene rings is 3. The smallest absolute Gasteiger partial charge is 0.326 e. The molecular formula is C23H26N2O5S. The molecule has 0 aromatic heterocycles. The molecule has 0 saturated heterocycles. The number of hydrogen-bond donors (Lipinski definition) is 3. The molecule has 0 aliphatic carbocycles. The van der Waals surface area contributed by atoms with E-state index in [1.807, 2.05) is 26.0 Å². The fraction of sp³-hybridized carbons (Fsp3) is 0.261. The topological polar surface area (TPSA) is 105 Å². The van der Waals surface area contributed by atoms with E-state index < -0.39 is 22.0 Å². The minimum absolute atomic E-state index is 0.0792. The predicted octanol–water partition coefficient (Wildman–Crippen LogP) is 4.56. The van der Waals surface area contributed by atoms with Crippen LogP contribution in [0.5, 0.6) is 5.75 Å². The molecular weight excluding hydrogens is 416 g/mol. The van der Waals surface area contributed by atoms with Crippen molar-refractivity contribution in [3.63, 3.8) is 0 Å². The van der Waals surface area contributed by atoms with Crippen molar-refractivity contribution in [1.82, 2.24) is 0 Å². The van der Waals surface area contributed by atoms with Crippen molar-refractivity contribution in [3.05, 3.63) is 60.7 Å². The van der Waals surface area contributed by atoms with E-state index in [0.29, 0.717) is 28.9 Å². The van der Waals surface area contributed by atoms with Gasteiger partial charge in [0.1, 0.15) is 11.8 Å². The summed E-state index contributed by atoms with van der Waals surface area (Å²) in [7, 11) is -2.30. The van der Waals surface area contributed by atoms with E-state index in [0.717, 1.165) is 5.39 Å². The largest absolute Gasteiger partial charge is 0.497 e. The second-order valence-electron chi connectivity index (χ2n) is 7.33. The van der Waals surface area contributed by atoms with E-state index in [-0.39, 0.29) is 10.8 Å². The molecule has 0 saturated carbocycles. The molecule has 0 radical (unpaired) electrons. The molecule has 0 spiro atoms. The van der Waals surface area contributed by atoms with Crippen molar-refractivity contribution in [3.8, 4) is 5.75 Å². The van der Waals surface area contributed by atoms with Crippen LogP contribution in [0.4, 0.5) is 11.4 Å². The van der Waals surface area contributed by atoms with Crippen LogP contribution in [0.25, 0.3) is 10.8 Å². The van der Waals surface area contributed by atoms with Gasteiger partial charge in [-0.2, -0.15) is 0 Å². The Morgan fingerprint density at radius 3 is 2.13 bits per heavy atom. The fourth-order valence-electron chi connectivity index (χ4n) is 3.32. The first-order chi connectivity index (χ1) is 14.8. The van der Waals surface area contributed by atoms with Gasteiger partial charge in [0.25, 0.3) is 10.0 Å². The van der Waals surface area contributed by atoms with Gasteiger partial charge in [-0.3, -0.25) is 4.72 Å². The van der Waals surface area contributed by atoms with Crippen molar-refractivity contribution >= 4 is 38.1 Å². The molecule has 7 nitrogen and oxygen atoms in total. The lowest BCUT2D eigenvalue weighted by Crippen LogP contribution is -2.35. The first-order valence-electron chi connectivity index (χ1n) is 9.94. The zero-order chi connectivity index (χ0) is 22.6. The third-order valence-electron chi connectivity index (χ3n) is 5.33. The third kappa shape index (κ3) is 4.91. The van der Waals surface area contributed by atoms with E-state index in [2.05, 4.69) is 10.0 Å². The highest BCUT2D eigenvalue weighted by Crippen LogP contribution is 2.32. The van der Waals surface area contributed by atoms with Crippen LogP contribution in [-0.2, 0) is 14.8 Å². The highest BCUT2D eigenvalue weighted by atomic mass is 32.2. The number of anilines is 2. The van der Waals surface area contributed by atoms with Gasteiger partial charge in [0.15, 0.2) is 0 Å². The molecule has 0 bridgehead atoms. The Kier molecular flexibility index (Phi) is 6.70. The van der Waals surface area contributed by atoms with Gasteiger partial charge in [-0.05, 0) is 42.3 Å². The van der Waals surface area contributed by atoms with Crippen LogP contribution in [-0.4, -0.2) is 32.6 Å². The van der Waals surface area contributed by atoms with Crippen LogP contribution in [0.3, 0.4) is 0 Å². The number of carboxylic acid groups (broad SMARTS) is 1. The minimum Gasteiger partial charge on any atom is -0.497 e. The summed E-state index contributed by atoms with van der Waals surface area (Å²) in [4.78, 5) is 11.8. The van der Waals surface area contributed by atoms with Gasteiger partial charge in [0.2, 0.25) is 0 Å². The molecule has 164 valence electrons. The van der Waals surface area contributed by atoms with Crippen LogP contribution in [0.2, 0.25) is 0 Å². The van der Waals surface area contributed by atoms with Crippen LogP contribution < -0.4 is 14.8 Å². The molecule has 0 fully saturated rings. The summed E-state index contributed by atoms with van der Waals surface area (Å²) < 4.78 is 33.5. The van der Waals surface area contributed by atoms with Gasteiger partial charge in [0, 0.05) is 16.5 Å². The Morgan fingerprint density at radius 1 is 1.00 bits per heavy atom. The number of hydrogen-bond acceptors (Lipinski definition) is 5. The highest BCUT2D eigenvalue weighted by Gasteiger charge is 2.24. The Morgan fingerprint density at radius 2 is 1.58 bits per heavy atom. The lowest BCUT2D eigenvalue weighted by molar-refractivity contribution is -0.139. The molecule has 0 aliphatic heterocycles. The van der Waals surface area contributed by atoms with Crippen molar-refractivity contribution in [1.29, 1.82) is 0 Å². The van der Waals surface area contributed by atoms with Crippen LogP contribution in [0.1, 0.15) is 20.3 Å². The Bertz CT molecular complexity index is 1180. The van der Waals surface area contributed by atoms with Gasteiger partial charge in [-0.25, -0.2) is 13.2 Å². The van der Waals surface area contributed by atoms with Crippen LogP contribution in [0, 0.1) is 5.92 Å². The molecule has 3 aromatic carbocycles. The lowest BCUT2D eigenvalue weighted by Gasteiger charge is -2.23. The zero-order valence-electron chi connectivity index (χ0n) is 17.6. The lowest BCUT2D eigenvalue weighted by atomic mass is 9.98. The van der Waals surface area contributed by atoms with Crippen molar-refractivity contribution < 1.29 is 23.1 Å². The Balaban J connectivity index is 1.98. The molecule has 0 aliphatic rings. The summed E-state index contributed by atoms with van der Waals surface area (Å²) in [6.07, 6.45) is 0.710. The molecule has 3 aromatic rings. The Hall–Kier alpha value is -3.26. The number of carbonyl (C=O) groups is 1. The number of methoxy groups -OCH3 is 1. The number of sulfonamides is 1. The van der Waals surface area contributed by atoms with Crippen LogP contribution in [0.15, 0.2) is 65.6 Å².